The van der Waals surface area contributed by atoms with Crippen LogP contribution in [-0.2, 0) is 10.3 Å². The van der Waals surface area contributed by atoms with Crippen molar-refractivity contribution in [3.63, 3.8) is 0 Å². The van der Waals surface area contributed by atoms with Gasteiger partial charge in [0, 0.05) is 7.11 Å². The van der Waals surface area contributed by atoms with Crippen molar-refractivity contribution in [3.05, 3.63) is 21.7 Å². The topological polar surface area (TPSA) is 75.2 Å². The van der Waals surface area contributed by atoms with Crippen LogP contribution in [-0.4, -0.2) is 22.2 Å². The molecule has 0 amide bonds. The maximum atomic E-state index is 11.4. The first-order chi connectivity index (χ1) is 6.94. The van der Waals surface area contributed by atoms with Crippen molar-refractivity contribution in [2.24, 2.45) is 0 Å². The lowest BCUT2D eigenvalue weighted by Crippen LogP contribution is -2.29. The maximum absolute atomic E-state index is 11.4. The zero-order chi connectivity index (χ0) is 11.6. The second kappa shape index (κ2) is 4.02. The average Bonchev–Trinajstić information content (AvgIpc) is 2.24. The Morgan fingerprint density at radius 3 is 2.60 bits per heavy atom. The Balaban J connectivity index is 3.33. The number of H-pyrrole nitrogens is 1. The molecule has 1 atom stereocenters. The molecule has 1 unspecified atom stereocenters. The highest BCUT2D eigenvalue weighted by Gasteiger charge is 2.27. The van der Waals surface area contributed by atoms with Crippen LogP contribution in [0.1, 0.15) is 31.7 Å². The third-order valence-electron chi connectivity index (χ3n) is 2.75. The summed E-state index contributed by atoms with van der Waals surface area (Å²) in [4.78, 5) is 18.0. The fourth-order valence-electron chi connectivity index (χ4n) is 1.18. The Kier molecular flexibility index (Phi) is 3.14. The molecular formula is C10H16N2O3. The van der Waals surface area contributed by atoms with Crippen LogP contribution < -0.4 is 5.56 Å². The molecule has 84 valence electrons. The number of aromatic nitrogens is 2. The number of hydrogen-bond acceptors (Lipinski definition) is 4. The maximum Gasteiger partial charge on any atom is 0.257 e. The molecule has 0 fully saturated rings. The van der Waals surface area contributed by atoms with E-state index in [1.807, 2.05) is 6.92 Å². The summed E-state index contributed by atoms with van der Waals surface area (Å²) in [6, 6.07) is 0. The quantitative estimate of drug-likeness (QED) is 0.785. The van der Waals surface area contributed by atoms with E-state index in [9.17, 15) is 9.90 Å². The van der Waals surface area contributed by atoms with Gasteiger partial charge in [0.15, 0.2) is 0 Å². The Morgan fingerprint density at radius 2 is 2.20 bits per heavy atom. The molecule has 0 aliphatic rings. The van der Waals surface area contributed by atoms with Crippen LogP contribution in [0.3, 0.4) is 0 Å². The highest BCUT2D eigenvalue weighted by Crippen LogP contribution is 2.25. The predicted octanol–water partition coefficient (Wildman–Crippen LogP) is 1.06. The fourth-order valence-corrected chi connectivity index (χ4v) is 1.18. The van der Waals surface area contributed by atoms with E-state index in [0.29, 0.717) is 12.2 Å². The third-order valence-corrected chi connectivity index (χ3v) is 2.75. The van der Waals surface area contributed by atoms with E-state index in [-0.39, 0.29) is 17.0 Å². The number of aromatic amines is 1. The zero-order valence-electron chi connectivity index (χ0n) is 9.42. The summed E-state index contributed by atoms with van der Waals surface area (Å²) < 4.78 is 5.28. The SMILES string of the molecule is CCC(C)(OC)c1nc(O)c(C)c(=O)[nH]1. The lowest BCUT2D eigenvalue weighted by molar-refractivity contribution is -0.00964. The number of aromatic hydroxyl groups is 1. The Morgan fingerprint density at radius 1 is 1.60 bits per heavy atom. The van der Waals surface area contributed by atoms with Gasteiger partial charge in [-0.05, 0) is 20.3 Å². The third kappa shape index (κ3) is 2.02. The number of hydrogen-bond donors (Lipinski definition) is 2. The van der Waals surface area contributed by atoms with Crippen molar-refractivity contribution < 1.29 is 9.84 Å². The summed E-state index contributed by atoms with van der Waals surface area (Å²) in [5.41, 5.74) is -0.799. The number of ether oxygens (including phenoxy) is 1. The highest BCUT2D eigenvalue weighted by atomic mass is 16.5. The van der Waals surface area contributed by atoms with Gasteiger partial charge in [-0.25, -0.2) is 0 Å². The first kappa shape index (κ1) is 11.7. The van der Waals surface area contributed by atoms with Gasteiger partial charge >= 0.3 is 0 Å². The summed E-state index contributed by atoms with van der Waals surface area (Å²) >= 11 is 0. The number of methoxy groups -OCH3 is 1. The van der Waals surface area contributed by atoms with Crippen LogP contribution in [0.4, 0.5) is 0 Å². The summed E-state index contributed by atoms with van der Waals surface area (Å²) in [6.45, 7) is 5.24. The normalized spacial score (nSPS) is 14.9. The van der Waals surface area contributed by atoms with Gasteiger partial charge in [-0.15, -0.1) is 0 Å². The standard InChI is InChI=1S/C10H16N2O3/c1-5-10(3,15-4)9-11-7(13)6(2)8(14)12-9/h5H2,1-4H3,(H2,11,12,13,14). The van der Waals surface area contributed by atoms with Gasteiger partial charge in [0.05, 0.1) is 5.56 Å². The first-order valence-corrected chi connectivity index (χ1v) is 4.80. The van der Waals surface area contributed by atoms with Crippen molar-refractivity contribution in [2.45, 2.75) is 32.8 Å². The second-order valence-corrected chi connectivity index (χ2v) is 3.65. The zero-order valence-corrected chi connectivity index (χ0v) is 9.42. The van der Waals surface area contributed by atoms with Crippen LogP contribution in [0.25, 0.3) is 0 Å². The van der Waals surface area contributed by atoms with Gasteiger partial charge in [0.1, 0.15) is 11.4 Å². The van der Waals surface area contributed by atoms with E-state index in [4.69, 9.17) is 4.74 Å². The van der Waals surface area contributed by atoms with Gasteiger partial charge in [-0.2, -0.15) is 4.98 Å². The van der Waals surface area contributed by atoms with Gasteiger partial charge in [0.2, 0.25) is 5.88 Å². The van der Waals surface area contributed by atoms with Crippen LogP contribution >= 0.6 is 0 Å². The highest BCUT2D eigenvalue weighted by molar-refractivity contribution is 5.21. The molecule has 0 saturated carbocycles. The molecule has 0 aromatic carbocycles. The van der Waals surface area contributed by atoms with Gasteiger partial charge in [0.25, 0.3) is 5.56 Å². The van der Waals surface area contributed by atoms with Crippen molar-refractivity contribution >= 4 is 0 Å². The fraction of sp³-hybridized carbons (Fsp3) is 0.600. The summed E-state index contributed by atoms with van der Waals surface area (Å²) in [6.07, 6.45) is 0.648. The molecule has 2 N–H and O–H groups in total. The lowest BCUT2D eigenvalue weighted by atomic mass is 10.0. The monoisotopic (exact) mass is 212 g/mol. The minimum atomic E-state index is -0.676. The van der Waals surface area contributed by atoms with Crippen LogP contribution in [0, 0.1) is 6.92 Å². The summed E-state index contributed by atoms with van der Waals surface area (Å²) in [7, 11) is 1.54. The van der Waals surface area contributed by atoms with E-state index in [0.717, 1.165) is 0 Å². The molecule has 1 heterocycles. The second-order valence-electron chi connectivity index (χ2n) is 3.65. The number of rotatable bonds is 3. The minimum Gasteiger partial charge on any atom is -0.493 e. The average molecular weight is 212 g/mol. The minimum absolute atomic E-state index is 0.216. The van der Waals surface area contributed by atoms with Crippen molar-refractivity contribution in [2.75, 3.05) is 7.11 Å². The predicted molar refractivity (Wildman–Crippen MR) is 55.9 cm³/mol. The molecule has 0 aliphatic carbocycles. The first-order valence-electron chi connectivity index (χ1n) is 4.80. The number of nitrogens with one attached hydrogen (secondary N) is 1. The van der Waals surface area contributed by atoms with E-state index < -0.39 is 5.60 Å². The van der Waals surface area contributed by atoms with E-state index in [2.05, 4.69) is 9.97 Å². The molecule has 0 saturated heterocycles. The van der Waals surface area contributed by atoms with Crippen molar-refractivity contribution in [3.8, 4) is 5.88 Å². The van der Waals surface area contributed by atoms with Crippen LogP contribution in [0.15, 0.2) is 4.79 Å². The molecule has 0 bridgehead atoms. The lowest BCUT2D eigenvalue weighted by Gasteiger charge is -2.25. The van der Waals surface area contributed by atoms with Crippen molar-refractivity contribution in [1.82, 2.24) is 9.97 Å². The molecule has 5 heteroatoms. The molecule has 0 radical (unpaired) electrons. The van der Waals surface area contributed by atoms with E-state index in [1.54, 1.807) is 14.0 Å². The molecule has 1 aromatic rings. The Hall–Kier alpha value is -1.36. The molecule has 0 spiro atoms. The van der Waals surface area contributed by atoms with E-state index >= 15 is 0 Å². The Labute approximate surface area is 88.1 Å². The molecule has 1 aromatic heterocycles. The van der Waals surface area contributed by atoms with Gasteiger partial charge in [-0.3, -0.25) is 4.79 Å². The van der Waals surface area contributed by atoms with Crippen molar-refractivity contribution in [1.29, 1.82) is 0 Å². The summed E-state index contributed by atoms with van der Waals surface area (Å²) in [5, 5.41) is 9.45. The smallest absolute Gasteiger partial charge is 0.257 e. The van der Waals surface area contributed by atoms with Gasteiger partial charge < -0.3 is 14.8 Å². The molecule has 15 heavy (non-hydrogen) atoms. The molecule has 1 rings (SSSR count). The molecule has 5 nitrogen and oxygen atoms in total. The summed E-state index contributed by atoms with van der Waals surface area (Å²) in [5.74, 6) is 0.103. The number of nitrogens with zero attached hydrogens (tertiary/aromatic N) is 1. The van der Waals surface area contributed by atoms with Crippen LogP contribution in [0.5, 0.6) is 5.88 Å². The molecular weight excluding hydrogens is 196 g/mol. The van der Waals surface area contributed by atoms with Gasteiger partial charge in [-0.1, -0.05) is 6.92 Å². The molecule has 0 aliphatic heterocycles. The largest absolute Gasteiger partial charge is 0.493 e. The Bertz CT molecular complexity index is 408. The van der Waals surface area contributed by atoms with E-state index in [1.165, 1.54) is 6.92 Å². The van der Waals surface area contributed by atoms with Crippen LogP contribution in [0.2, 0.25) is 0 Å².